The highest BCUT2D eigenvalue weighted by atomic mass is 32.2. The molecule has 1 saturated heterocycles. The van der Waals surface area contributed by atoms with Crippen LogP contribution in [-0.4, -0.2) is 49.7 Å². The number of amides is 2. The molecule has 0 radical (unpaired) electrons. The quantitative estimate of drug-likeness (QED) is 0.199. The van der Waals surface area contributed by atoms with Crippen LogP contribution in [0, 0.1) is 0 Å². The van der Waals surface area contributed by atoms with Crippen molar-refractivity contribution in [3.05, 3.63) is 0 Å². The van der Waals surface area contributed by atoms with Crippen molar-refractivity contribution in [2.75, 3.05) is 24.6 Å². The predicted molar refractivity (Wildman–Crippen MR) is 47.6 cm³/mol. The molecule has 0 unspecified atom stereocenters. The first-order chi connectivity index (χ1) is 6.46. The highest BCUT2D eigenvalue weighted by Gasteiger charge is 2.28. The SMILES string of the molecule is NNC(=O)C(=O)N1CCS(=O)(=O)CC1. The number of hydrazine groups is 1. The molecule has 0 aromatic heterocycles. The van der Waals surface area contributed by atoms with Gasteiger partial charge in [0.25, 0.3) is 0 Å². The highest BCUT2D eigenvalue weighted by Crippen LogP contribution is 2.03. The normalized spacial score (nSPS) is 20.2. The van der Waals surface area contributed by atoms with Gasteiger partial charge in [-0.25, -0.2) is 14.3 Å². The number of nitrogens with zero attached hydrogens (tertiary/aromatic N) is 1. The maximum absolute atomic E-state index is 11.2. The zero-order chi connectivity index (χ0) is 10.8. The van der Waals surface area contributed by atoms with E-state index < -0.39 is 21.7 Å². The molecule has 0 aromatic carbocycles. The first-order valence-corrected chi connectivity index (χ1v) is 5.79. The molecule has 0 spiro atoms. The van der Waals surface area contributed by atoms with E-state index in [4.69, 9.17) is 5.84 Å². The number of sulfone groups is 1. The standard InChI is InChI=1S/C6H11N3O4S/c7-8-5(10)6(11)9-1-3-14(12,13)4-2-9/h1-4,7H2,(H,8,10). The van der Waals surface area contributed by atoms with E-state index >= 15 is 0 Å². The Morgan fingerprint density at radius 1 is 1.21 bits per heavy atom. The molecule has 0 saturated carbocycles. The maximum atomic E-state index is 11.2. The van der Waals surface area contributed by atoms with Crippen LogP contribution in [0.1, 0.15) is 0 Å². The summed E-state index contributed by atoms with van der Waals surface area (Å²) in [6, 6.07) is 0. The Balaban J connectivity index is 2.58. The van der Waals surface area contributed by atoms with E-state index in [2.05, 4.69) is 0 Å². The number of nitrogens with two attached hydrogens (primary N) is 1. The lowest BCUT2D eigenvalue weighted by Gasteiger charge is -2.25. The molecule has 8 heteroatoms. The van der Waals surface area contributed by atoms with Gasteiger partial charge in [-0.1, -0.05) is 0 Å². The van der Waals surface area contributed by atoms with Gasteiger partial charge in [0.2, 0.25) is 0 Å². The monoisotopic (exact) mass is 221 g/mol. The van der Waals surface area contributed by atoms with Gasteiger partial charge in [0, 0.05) is 13.1 Å². The second-order valence-corrected chi connectivity index (χ2v) is 5.22. The van der Waals surface area contributed by atoms with Gasteiger partial charge >= 0.3 is 11.8 Å². The molecule has 7 nitrogen and oxygen atoms in total. The average Bonchev–Trinajstić information content (AvgIpc) is 2.15. The van der Waals surface area contributed by atoms with Crippen LogP contribution in [-0.2, 0) is 19.4 Å². The van der Waals surface area contributed by atoms with Crippen LogP contribution in [0.4, 0.5) is 0 Å². The molecule has 0 atom stereocenters. The Morgan fingerprint density at radius 3 is 2.14 bits per heavy atom. The number of hydrogen-bond acceptors (Lipinski definition) is 5. The number of carbonyl (C=O) groups excluding carboxylic acids is 2. The second kappa shape index (κ2) is 3.93. The van der Waals surface area contributed by atoms with Crippen molar-refractivity contribution in [3.8, 4) is 0 Å². The van der Waals surface area contributed by atoms with Crippen LogP contribution in [0.2, 0.25) is 0 Å². The van der Waals surface area contributed by atoms with Crippen molar-refractivity contribution in [2.45, 2.75) is 0 Å². The lowest BCUT2D eigenvalue weighted by molar-refractivity contribution is -0.145. The summed E-state index contributed by atoms with van der Waals surface area (Å²) >= 11 is 0. The molecule has 3 N–H and O–H groups in total. The van der Waals surface area contributed by atoms with E-state index in [1.165, 1.54) is 4.90 Å². The summed E-state index contributed by atoms with van der Waals surface area (Å²) in [5.41, 5.74) is 1.70. The minimum atomic E-state index is -3.04. The minimum absolute atomic E-state index is 0.0502. The smallest absolute Gasteiger partial charge is 0.323 e. The van der Waals surface area contributed by atoms with Gasteiger partial charge in [0.15, 0.2) is 9.84 Å². The van der Waals surface area contributed by atoms with Crippen LogP contribution >= 0.6 is 0 Å². The van der Waals surface area contributed by atoms with Gasteiger partial charge in [-0.15, -0.1) is 0 Å². The summed E-state index contributed by atoms with van der Waals surface area (Å²) in [6.45, 7) is 0.100. The molecule has 1 fully saturated rings. The second-order valence-electron chi connectivity index (χ2n) is 2.92. The largest absolute Gasteiger partial charge is 0.332 e. The van der Waals surface area contributed by atoms with Crippen molar-refractivity contribution in [1.29, 1.82) is 0 Å². The lowest BCUT2D eigenvalue weighted by Crippen LogP contribution is -2.50. The average molecular weight is 221 g/mol. The third kappa shape index (κ3) is 2.42. The summed E-state index contributed by atoms with van der Waals surface area (Å²) < 4.78 is 22.0. The molecule has 0 aliphatic carbocycles. The number of carbonyl (C=O) groups is 2. The third-order valence-corrected chi connectivity index (χ3v) is 3.57. The summed E-state index contributed by atoms with van der Waals surface area (Å²) in [5.74, 6) is 2.85. The Hall–Kier alpha value is -1.15. The molecule has 1 aliphatic rings. The molecule has 2 amide bonds. The predicted octanol–water partition coefficient (Wildman–Crippen LogP) is -2.77. The van der Waals surface area contributed by atoms with Crippen molar-refractivity contribution >= 4 is 21.7 Å². The summed E-state index contributed by atoms with van der Waals surface area (Å²) in [6.07, 6.45) is 0. The van der Waals surface area contributed by atoms with Gasteiger partial charge in [-0.05, 0) is 0 Å². The number of hydrogen-bond donors (Lipinski definition) is 2. The fourth-order valence-corrected chi connectivity index (χ4v) is 2.32. The lowest BCUT2D eigenvalue weighted by atomic mass is 10.4. The topological polar surface area (TPSA) is 110 Å². The highest BCUT2D eigenvalue weighted by molar-refractivity contribution is 7.91. The van der Waals surface area contributed by atoms with Crippen LogP contribution in [0.3, 0.4) is 0 Å². The van der Waals surface area contributed by atoms with Gasteiger partial charge in [-0.2, -0.15) is 0 Å². The van der Waals surface area contributed by atoms with Gasteiger partial charge < -0.3 is 4.90 Å². The molecular weight excluding hydrogens is 210 g/mol. The van der Waals surface area contributed by atoms with Gasteiger partial charge in [-0.3, -0.25) is 15.0 Å². The van der Waals surface area contributed by atoms with E-state index in [1.54, 1.807) is 5.43 Å². The van der Waals surface area contributed by atoms with Crippen molar-refractivity contribution in [2.24, 2.45) is 5.84 Å². The third-order valence-electron chi connectivity index (χ3n) is 1.96. The molecule has 1 heterocycles. The van der Waals surface area contributed by atoms with E-state index in [0.717, 1.165) is 0 Å². The molecule has 1 rings (SSSR count). The molecule has 1 aliphatic heterocycles. The summed E-state index contributed by atoms with van der Waals surface area (Å²) in [4.78, 5) is 23.1. The molecule has 14 heavy (non-hydrogen) atoms. The Kier molecular flexibility index (Phi) is 3.06. The van der Waals surface area contributed by atoms with Crippen molar-refractivity contribution in [1.82, 2.24) is 10.3 Å². The summed E-state index contributed by atoms with van der Waals surface area (Å²) in [5, 5.41) is 0. The molecular formula is C6H11N3O4S. The zero-order valence-electron chi connectivity index (χ0n) is 7.39. The van der Waals surface area contributed by atoms with Gasteiger partial charge in [0.05, 0.1) is 11.5 Å². The fraction of sp³-hybridized carbons (Fsp3) is 0.667. The Bertz CT molecular complexity index is 336. The number of rotatable bonds is 0. The fourth-order valence-electron chi connectivity index (χ4n) is 1.12. The van der Waals surface area contributed by atoms with E-state index in [1.807, 2.05) is 0 Å². The van der Waals surface area contributed by atoms with Crippen LogP contribution in [0.5, 0.6) is 0 Å². The molecule has 0 aromatic rings. The van der Waals surface area contributed by atoms with Crippen LogP contribution in [0.25, 0.3) is 0 Å². The minimum Gasteiger partial charge on any atom is -0.332 e. The molecule has 80 valence electrons. The summed E-state index contributed by atoms with van der Waals surface area (Å²) in [7, 11) is -3.04. The first-order valence-electron chi connectivity index (χ1n) is 3.96. The Labute approximate surface area is 81.1 Å². The van der Waals surface area contributed by atoms with E-state index in [0.29, 0.717) is 0 Å². The van der Waals surface area contributed by atoms with Crippen LogP contribution < -0.4 is 11.3 Å². The first kappa shape index (κ1) is 10.9. The van der Waals surface area contributed by atoms with Crippen molar-refractivity contribution in [3.63, 3.8) is 0 Å². The zero-order valence-corrected chi connectivity index (χ0v) is 8.21. The van der Waals surface area contributed by atoms with E-state index in [-0.39, 0.29) is 24.6 Å². The van der Waals surface area contributed by atoms with E-state index in [9.17, 15) is 18.0 Å². The van der Waals surface area contributed by atoms with Crippen molar-refractivity contribution < 1.29 is 18.0 Å². The van der Waals surface area contributed by atoms with Crippen LogP contribution in [0.15, 0.2) is 0 Å². The van der Waals surface area contributed by atoms with Gasteiger partial charge in [0.1, 0.15) is 0 Å². The number of nitrogens with one attached hydrogen (secondary N) is 1. The molecule has 0 bridgehead atoms. The Morgan fingerprint density at radius 2 is 1.71 bits per heavy atom. The maximum Gasteiger partial charge on any atom is 0.323 e.